The summed E-state index contributed by atoms with van der Waals surface area (Å²) < 4.78 is 10.1. The topological polar surface area (TPSA) is 64.6 Å². The minimum absolute atomic E-state index is 0.186. The highest BCUT2D eigenvalue weighted by atomic mass is 16.5. The Labute approximate surface area is 127 Å². The van der Waals surface area contributed by atoms with Gasteiger partial charge in [0.15, 0.2) is 0 Å². The van der Waals surface area contributed by atoms with Crippen LogP contribution < -0.4 is 5.32 Å². The van der Waals surface area contributed by atoms with Gasteiger partial charge in [0.05, 0.1) is 7.11 Å². The van der Waals surface area contributed by atoms with Crippen LogP contribution in [0.25, 0.3) is 0 Å². The number of unbranched alkanes of at least 4 members (excludes halogenated alkanes) is 5. The zero-order valence-corrected chi connectivity index (χ0v) is 13.4. The first kappa shape index (κ1) is 18.0. The molecule has 1 N–H and O–H groups in total. The number of esters is 1. The van der Waals surface area contributed by atoms with Gasteiger partial charge in [-0.25, -0.2) is 4.79 Å². The molecule has 1 heterocycles. The van der Waals surface area contributed by atoms with Gasteiger partial charge in [0, 0.05) is 6.61 Å². The third-order valence-corrected chi connectivity index (χ3v) is 3.87. The van der Waals surface area contributed by atoms with E-state index < -0.39 is 12.1 Å². The lowest BCUT2D eigenvalue weighted by molar-refractivity contribution is -0.146. The Kier molecular flexibility index (Phi) is 9.06. The van der Waals surface area contributed by atoms with Crippen molar-refractivity contribution in [3.05, 3.63) is 0 Å². The van der Waals surface area contributed by atoms with Crippen molar-refractivity contribution < 1.29 is 19.1 Å². The van der Waals surface area contributed by atoms with Crippen molar-refractivity contribution in [2.45, 2.75) is 76.9 Å². The fraction of sp³-hybridized carbons (Fsp3) is 0.875. The molecule has 0 aromatic rings. The smallest absolute Gasteiger partial charge is 0.328 e. The Bertz CT molecular complexity index is 313. The SMILES string of the molecule is CCCCCCCC[C@@H](NC(=O)[C@H]1CCCO1)C(=O)OC. The molecule has 1 rings (SSSR count). The van der Waals surface area contributed by atoms with Crippen LogP contribution in [0.3, 0.4) is 0 Å². The van der Waals surface area contributed by atoms with Crippen LogP contribution in [0, 0.1) is 0 Å². The lowest BCUT2D eigenvalue weighted by atomic mass is 10.1. The molecule has 0 saturated carbocycles. The van der Waals surface area contributed by atoms with Gasteiger partial charge in [0.25, 0.3) is 0 Å². The molecule has 122 valence electrons. The maximum absolute atomic E-state index is 12.0. The summed E-state index contributed by atoms with van der Waals surface area (Å²) in [5, 5.41) is 2.77. The highest BCUT2D eigenvalue weighted by Gasteiger charge is 2.28. The first-order valence-corrected chi connectivity index (χ1v) is 8.18. The van der Waals surface area contributed by atoms with Crippen molar-refractivity contribution in [1.82, 2.24) is 5.32 Å². The highest BCUT2D eigenvalue weighted by Crippen LogP contribution is 2.14. The summed E-state index contributed by atoms with van der Waals surface area (Å²) in [6.07, 6.45) is 8.79. The zero-order chi connectivity index (χ0) is 15.5. The standard InChI is InChI=1S/C16H29NO4/c1-3-4-5-6-7-8-10-13(16(19)20-2)17-15(18)14-11-9-12-21-14/h13-14H,3-12H2,1-2H3,(H,17,18)/t13-,14-/m1/s1. The van der Waals surface area contributed by atoms with E-state index in [1.807, 2.05) is 0 Å². The molecule has 0 aromatic carbocycles. The van der Waals surface area contributed by atoms with Crippen LogP contribution in [-0.4, -0.2) is 37.7 Å². The van der Waals surface area contributed by atoms with Crippen LogP contribution in [0.2, 0.25) is 0 Å². The molecular formula is C16H29NO4. The lowest BCUT2D eigenvalue weighted by Gasteiger charge is -2.18. The van der Waals surface area contributed by atoms with E-state index in [4.69, 9.17) is 9.47 Å². The van der Waals surface area contributed by atoms with E-state index in [9.17, 15) is 9.59 Å². The minimum atomic E-state index is -0.544. The monoisotopic (exact) mass is 299 g/mol. The Balaban J connectivity index is 2.30. The summed E-state index contributed by atoms with van der Waals surface area (Å²) in [7, 11) is 1.36. The molecule has 0 aliphatic carbocycles. The van der Waals surface area contributed by atoms with Crippen LogP contribution in [0.4, 0.5) is 0 Å². The van der Waals surface area contributed by atoms with Crippen molar-refractivity contribution >= 4 is 11.9 Å². The Morgan fingerprint density at radius 3 is 2.57 bits per heavy atom. The van der Waals surface area contributed by atoms with Gasteiger partial charge in [-0.1, -0.05) is 45.4 Å². The van der Waals surface area contributed by atoms with Crippen LogP contribution >= 0.6 is 0 Å². The number of hydrogen-bond donors (Lipinski definition) is 1. The van der Waals surface area contributed by atoms with E-state index >= 15 is 0 Å². The molecule has 1 aliphatic rings. The van der Waals surface area contributed by atoms with E-state index in [1.165, 1.54) is 32.8 Å². The molecule has 1 saturated heterocycles. The molecule has 0 radical (unpaired) electrons. The van der Waals surface area contributed by atoms with Crippen LogP contribution in [0.15, 0.2) is 0 Å². The quantitative estimate of drug-likeness (QED) is 0.497. The molecule has 0 bridgehead atoms. The molecule has 2 atom stereocenters. The lowest BCUT2D eigenvalue weighted by Crippen LogP contribution is -2.45. The summed E-state index contributed by atoms with van der Waals surface area (Å²) in [6, 6.07) is -0.544. The first-order chi connectivity index (χ1) is 10.2. The van der Waals surface area contributed by atoms with Gasteiger partial charge >= 0.3 is 5.97 Å². The summed E-state index contributed by atoms with van der Waals surface area (Å²) in [5.74, 6) is -0.552. The fourth-order valence-electron chi connectivity index (χ4n) is 2.57. The highest BCUT2D eigenvalue weighted by molar-refractivity contribution is 5.87. The summed E-state index contributed by atoms with van der Waals surface area (Å²) >= 11 is 0. The second-order valence-electron chi connectivity index (χ2n) is 5.64. The average Bonchev–Trinajstić information content (AvgIpc) is 3.03. The second-order valence-corrected chi connectivity index (χ2v) is 5.64. The number of nitrogens with one attached hydrogen (secondary N) is 1. The van der Waals surface area contributed by atoms with Gasteiger partial charge in [-0.05, 0) is 19.3 Å². The molecular weight excluding hydrogens is 270 g/mol. The number of carbonyl (C=O) groups is 2. The van der Waals surface area contributed by atoms with Gasteiger partial charge in [0.2, 0.25) is 5.91 Å². The van der Waals surface area contributed by atoms with E-state index in [0.717, 1.165) is 25.7 Å². The van der Waals surface area contributed by atoms with Crippen molar-refractivity contribution in [3.63, 3.8) is 0 Å². The molecule has 0 unspecified atom stereocenters. The third-order valence-electron chi connectivity index (χ3n) is 3.87. The Morgan fingerprint density at radius 1 is 1.24 bits per heavy atom. The largest absolute Gasteiger partial charge is 0.467 e. The van der Waals surface area contributed by atoms with Crippen LogP contribution in [-0.2, 0) is 19.1 Å². The number of carbonyl (C=O) groups excluding carboxylic acids is 2. The first-order valence-electron chi connectivity index (χ1n) is 8.18. The van der Waals surface area contributed by atoms with Crippen LogP contribution in [0.1, 0.15) is 64.7 Å². The Hall–Kier alpha value is -1.10. The van der Waals surface area contributed by atoms with Gasteiger partial charge in [0.1, 0.15) is 12.1 Å². The number of rotatable bonds is 10. The van der Waals surface area contributed by atoms with Gasteiger partial charge in [-0.3, -0.25) is 4.79 Å². The van der Waals surface area contributed by atoms with Crippen molar-refractivity contribution in [3.8, 4) is 0 Å². The maximum Gasteiger partial charge on any atom is 0.328 e. The van der Waals surface area contributed by atoms with Crippen molar-refractivity contribution in [2.75, 3.05) is 13.7 Å². The molecule has 21 heavy (non-hydrogen) atoms. The molecule has 5 nitrogen and oxygen atoms in total. The second kappa shape index (κ2) is 10.6. The predicted octanol–water partition coefficient (Wildman–Crippen LogP) is 2.57. The molecule has 1 aliphatic heterocycles. The molecule has 1 amide bonds. The van der Waals surface area contributed by atoms with Crippen LogP contribution in [0.5, 0.6) is 0 Å². The maximum atomic E-state index is 12.0. The zero-order valence-electron chi connectivity index (χ0n) is 13.4. The predicted molar refractivity (Wildman–Crippen MR) is 80.9 cm³/mol. The average molecular weight is 299 g/mol. The van der Waals surface area contributed by atoms with Crippen molar-refractivity contribution in [1.29, 1.82) is 0 Å². The molecule has 5 heteroatoms. The minimum Gasteiger partial charge on any atom is -0.467 e. The summed E-state index contributed by atoms with van der Waals surface area (Å²) in [4.78, 5) is 23.8. The summed E-state index contributed by atoms with van der Waals surface area (Å²) in [5.41, 5.74) is 0. The fourth-order valence-corrected chi connectivity index (χ4v) is 2.57. The van der Waals surface area contributed by atoms with Gasteiger partial charge in [-0.2, -0.15) is 0 Å². The molecule has 0 aromatic heterocycles. The number of amides is 1. The van der Waals surface area contributed by atoms with E-state index in [2.05, 4.69) is 12.2 Å². The third kappa shape index (κ3) is 6.93. The normalized spacial score (nSPS) is 19.2. The number of hydrogen-bond acceptors (Lipinski definition) is 4. The summed E-state index contributed by atoms with van der Waals surface area (Å²) in [6.45, 7) is 2.81. The number of ether oxygens (including phenoxy) is 2. The van der Waals surface area contributed by atoms with Gasteiger partial charge < -0.3 is 14.8 Å². The van der Waals surface area contributed by atoms with E-state index in [1.54, 1.807) is 0 Å². The Morgan fingerprint density at radius 2 is 1.95 bits per heavy atom. The molecule has 0 spiro atoms. The van der Waals surface area contributed by atoms with Gasteiger partial charge in [-0.15, -0.1) is 0 Å². The molecule has 1 fully saturated rings. The van der Waals surface area contributed by atoms with Crippen molar-refractivity contribution in [2.24, 2.45) is 0 Å². The van der Waals surface area contributed by atoms with E-state index in [0.29, 0.717) is 13.0 Å². The number of methoxy groups -OCH3 is 1. The van der Waals surface area contributed by atoms with E-state index in [-0.39, 0.29) is 11.9 Å².